The van der Waals surface area contributed by atoms with E-state index in [9.17, 15) is 13.0 Å². The molecule has 0 aliphatic carbocycles. The molecule has 0 saturated heterocycles. The number of rotatable bonds is 4. The van der Waals surface area contributed by atoms with Gasteiger partial charge in [-0.3, -0.25) is 4.98 Å². The van der Waals surface area contributed by atoms with Crippen molar-refractivity contribution in [1.29, 1.82) is 0 Å². The summed E-state index contributed by atoms with van der Waals surface area (Å²) >= 11 is 0. The molecule has 0 aliphatic heterocycles. The van der Waals surface area contributed by atoms with E-state index >= 15 is 0 Å². The number of benzene rings is 2. The Balaban J connectivity index is 2.03. The van der Waals surface area contributed by atoms with Crippen molar-refractivity contribution in [3.8, 4) is 22.4 Å². The van der Waals surface area contributed by atoms with Gasteiger partial charge < -0.3 is 5.73 Å². The molecule has 146 valence electrons. The van der Waals surface area contributed by atoms with Gasteiger partial charge in [-0.1, -0.05) is 12.1 Å². The first kappa shape index (κ1) is 20.0. The van der Waals surface area contributed by atoms with Gasteiger partial charge in [0, 0.05) is 11.1 Å². The smallest absolute Gasteiger partial charge is 0.141 e. The highest BCUT2D eigenvalue weighted by atomic mass is 32.2. The monoisotopic (exact) mass is 402 g/mol. The predicted molar refractivity (Wildman–Crippen MR) is 107 cm³/mol. The van der Waals surface area contributed by atoms with Gasteiger partial charge in [0.15, 0.2) is 0 Å². The Morgan fingerprint density at radius 3 is 2.32 bits per heavy atom. The molecule has 1 atom stereocenters. The van der Waals surface area contributed by atoms with Crippen LogP contribution in [0, 0.1) is 11.6 Å². The van der Waals surface area contributed by atoms with Crippen molar-refractivity contribution in [2.75, 3.05) is 5.73 Å². The SMILES string of the molecule is CC(C)(C)NS(=O)c1cc(F)ccc1-c1ccc(-c2cnc(N)cn2)c(F)c1. The predicted octanol–water partition coefficient (Wildman–Crippen LogP) is 4.08. The minimum Gasteiger partial charge on any atom is -0.382 e. The molecule has 1 aromatic heterocycles. The maximum atomic E-state index is 14.7. The van der Waals surface area contributed by atoms with Crippen LogP contribution in [0.4, 0.5) is 14.6 Å². The Bertz CT molecular complexity index is 1030. The molecular formula is C20H20F2N4OS. The van der Waals surface area contributed by atoms with Gasteiger partial charge in [-0.05, 0) is 56.2 Å². The number of halogens is 2. The van der Waals surface area contributed by atoms with Crippen LogP contribution in [0.25, 0.3) is 22.4 Å². The van der Waals surface area contributed by atoms with Gasteiger partial charge in [-0.2, -0.15) is 0 Å². The summed E-state index contributed by atoms with van der Waals surface area (Å²) in [6.45, 7) is 5.56. The molecule has 0 amide bonds. The van der Waals surface area contributed by atoms with Crippen LogP contribution in [0.3, 0.4) is 0 Å². The van der Waals surface area contributed by atoms with Crippen molar-refractivity contribution < 1.29 is 13.0 Å². The Kier molecular flexibility index (Phi) is 5.53. The topological polar surface area (TPSA) is 80.9 Å². The van der Waals surface area contributed by atoms with Gasteiger partial charge in [-0.15, -0.1) is 0 Å². The summed E-state index contributed by atoms with van der Waals surface area (Å²) in [5.74, 6) is -0.802. The first-order valence-corrected chi connectivity index (χ1v) is 9.66. The molecule has 3 aromatic rings. The van der Waals surface area contributed by atoms with E-state index in [0.717, 1.165) is 0 Å². The second-order valence-corrected chi connectivity index (χ2v) is 8.46. The van der Waals surface area contributed by atoms with Crippen LogP contribution >= 0.6 is 0 Å². The Labute approximate surface area is 164 Å². The van der Waals surface area contributed by atoms with E-state index in [1.165, 1.54) is 36.7 Å². The van der Waals surface area contributed by atoms with Gasteiger partial charge >= 0.3 is 0 Å². The van der Waals surface area contributed by atoms with Crippen molar-refractivity contribution in [3.63, 3.8) is 0 Å². The Hall–Kier alpha value is -2.71. The fourth-order valence-electron chi connectivity index (χ4n) is 2.59. The lowest BCUT2D eigenvalue weighted by molar-refractivity contribution is 0.519. The van der Waals surface area contributed by atoms with E-state index in [1.807, 2.05) is 20.8 Å². The average Bonchev–Trinajstić information content (AvgIpc) is 2.61. The van der Waals surface area contributed by atoms with Crippen LogP contribution < -0.4 is 10.5 Å². The summed E-state index contributed by atoms with van der Waals surface area (Å²) in [4.78, 5) is 8.24. The number of nitrogens with two attached hydrogens (primary N) is 1. The Morgan fingerprint density at radius 2 is 1.71 bits per heavy atom. The van der Waals surface area contributed by atoms with Crippen LogP contribution in [0.5, 0.6) is 0 Å². The third-order valence-corrected chi connectivity index (χ3v) is 5.31. The largest absolute Gasteiger partial charge is 0.382 e. The second kappa shape index (κ2) is 7.73. The van der Waals surface area contributed by atoms with E-state index < -0.39 is 28.2 Å². The van der Waals surface area contributed by atoms with E-state index in [2.05, 4.69) is 14.7 Å². The number of aromatic nitrogens is 2. The molecular weight excluding hydrogens is 382 g/mol. The molecule has 0 fully saturated rings. The van der Waals surface area contributed by atoms with E-state index in [0.29, 0.717) is 16.8 Å². The summed E-state index contributed by atoms with van der Waals surface area (Å²) in [5.41, 5.74) is 6.62. The molecule has 3 N–H and O–H groups in total. The summed E-state index contributed by atoms with van der Waals surface area (Å²) in [6, 6.07) is 8.47. The zero-order valence-electron chi connectivity index (χ0n) is 15.7. The molecule has 5 nitrogen and oxygen atoms in total. The normalized spacial score (nSPS) is 12.8. The quantitative estimate of drug-likeness (QED) is 0.689. The zero-order valence-corrected chi connectivity index (χ0v) is 16.5. The van der Waals surface area contributed by atoms with Gasteiger partial charge in [0.05, 0.1) is 23.0 Å². The molecule has 1 unspecified atom stereocenters. The zero-order chi connectivity index (χ0) is 20.5. The molecule has 0 bridgehead atoms. The van der Waals surface area contributed by atoms with Gasteiger partial charge in [0.2, 0.25) is 0 Å². The molecule has 3 rings (SSSR count). The number of nitrogen functional groups attached to an aromatic ring is 1. The van der Waals surface area contributed by atoms with Crippen molar-refractivity contribution in [1.82, 2.24) is 14.7 Å². The van der Waals surface area contributed by atoms with E-state index in [1.54, 1.807) is 12.1 Å². The lowest BCUT2D eigenvalue weighted by atomic mass is 10.0. The summed E-state index contributed by atoms with van der Waals surface area (Å²) < 4.78 is 44.2. The lowest BCUT2D eigenvalue weighted by Gasteiger charge is -2.21. The number of hydrogen-bond donors (Lipinski definition) is 2. The van der Waals surface area contributed by atoms with Crippen molar-refractivity contribution in [2.24, 2.45) is 0 Å². The lowest BCUT2D eigenvalue weighted by Crippen LogP contribution is -2.37. The molecule has 0 aliphatic rings. The van der Waals surface area contributed by atoms with Crippen molar-refractivity contribution in [2.45, 2.75) is 31.2 Å². The molecule has 2 aromatic carbocycles. The van der Waals surface area contributed by atoms with E-state index in [-0.39, 0.29) is 16.3 Å². The highest BCUT2D eigenvalue weighted by Gasteiger charge is 2.19. The molecule has 1 heterocycles. The molecule has 8 heteroatoms. The van der Waals surface area contributed by atoms with Crippen molar-refractivity contribution >= 4 is 16.8 Å². The maximum absolute atomic E-state index is 14.7. The molecule has 0 radical (unpaired) electrons. The molecule has 0 saturated carbocycles. The summed E-state index contributed by atoms with van der Waals surface area (Å²) in [6.07, 6.45) is 2.74. The van der Waals surface area contributed by atoms with Crippen LogP contribution in [0.15, 0.2) is 53.7 Å². The average molecular weight is 402 g/mol. The van der Waals surface area contributed by atoms with Gasteiger partial charge in [-0.25, -0.2) is 22.7 Å². The fraction of sp³-hybridized carbons (Fsp3) is 0.200. The van der Waals surface area contributed by atoms with E-state index in [4.69, 9.17) is 5.73 Å². The number of hydrogen-bond acceptors (Lipinski definition) is 4. The Morgan fingerprint density at radius 1 is 1.00 bits per heavy atom. The van der Waals surface area contributed by atoms with Crippen molar-refractivity contribution in [3.05, 3.63) is 60.4 Å². The minimum absolute atomic E-state index is 0.241. The van der Waals surface area contributed by atoms with Gasteiger partial charge in [0.25, 0.3) is 0 Å². The highest BCUT2D eigenvalue weighted by molar-refractivity contribution is 7.83. The first-order chi connectivity index (χ1) is 13.1. The van der Waals surface area contributed by atoms with Crippen LogP contribution in [0.2, 0.25) is 0 Å². The minimum atomic E-state index is -1.67. The number of anilines is 1. The highest BCUT2D eigenvalue weighted by Crippen LogP contribution is 2.31. The van der Waals surface area contributed by atoms with Gasteiger partial charge in [0.1, 0.15) is 28.4 Å². The number of nitrogens with one attached hydrogen (secondary N) is 1. The third kappa shape index (κ3) is 4.58. The first-order valence-electron chi connectivity index (χ1n) is 8.51. The van der Waals surface area contributed by atoms with Crippen LogP contribution in [0.1, 0.15) is 20.8 Å². The molecule has 0 spiro atoms. The standard InChI is InChI=1S/C20H20F2N4OS/c1-20(2,3)26-28(27)18-9-13(21)5-7-14(18)12-4-6-15(16(22)8-12)17-10-25-19(23)11-24-17/h4-11,26H,1-3H3,(H2,23,25). The third-order valence-electron chi connectivity index (χ3n) is 3.77. The van der Waals surface area contributed by atoms with Crippen LogP contribution in [-0.2, 0) is 11.0 Å². The summed E-state index contributed by atoms with van der Waals surface area (Å²) in [7, 11) is -1.67. The maximum Gasteiger partial charge on any atom is 0.141 e. The molecule has 28 heavy (non-hydrogen) atoms. The van der Waals surface area contributed by atoms with Crippen LogP contribution in [-0.4, -0.2) is 19.7 Å². The second-order valence-electron chi connectivity index (χ2n) is 7.28. The summed E-state index contributed by atoms with van der Waals surface area (Å²) in [5, 5.41) is 0. The number of nitrogens with zero attached hydrogens (tertiary/aromatic N) is 2. The fourth-order valence-corrected chi connectivity index (χ4v) is 3.86.